The number of hydrogen-bond donors (Lipinski definition) is 1. The van der Waals surface area contributed by atoms with Crippen molar-refractivity contribution in [3.8, 4) is 11.5 Å². The Morgan fingerprint density at radius 3 is 2.48 bits per heavy atom. The smallest absolute Gasteiger partial charge is 0.127 e. The first-order valence-corrected chi connectivity index (χ1v) is 7.70. The van der Waals surface area contributed by atoms with E-state index in [0.717, 1.165) is 27.2 Å². The molecule has 0 bridgehead atoms. The van der Waals surface area contributed by atoms with E-state index >= 15 is 0 Å². The summed E-state index contributed by atoms with van der Waals surface area (Å²) in [5.41, 5.74) is 1.76. The van der Waals surface area contributed by atoms with E-state index in [4.69, 9.17) is 32.7 Å². The van der Waals surface area contributed by atoms with Crippen LogP contribution >= 0.6 is 39.1 Å². The fourth-order valence-electron chi connectivity index (χ4n) is 1.85. The fraction of sp³-hybridized carbons (Fsp3) is 0.200. The van der Waals surface area contributed by atoms with Crippen molar-refractivity contribution >= 4 is 44.8 Å². The van der Waals surface area contributed by atoms with Crippen LogP contribution in [-0.4, -0.2) is 14.2 Å². The molecule has 3 nitrogen and oxygen atoms in total. The van der Waals surface area contributed by atoms with Crippen molar-refractivity contribution in [3.63, 3.8) is 0 Å². The molecule has 0 fully saturated rings. The molecule has 6 heteroatoms. The number of anilines is 1. The number of hydrogen-bond acceptors (Lipinski definition) is 3. The van der Waals surface area contributed by atoms with E-state index in [2.05, 4.69) is 21.2 Å². The molecule has 0 heterocycles. The third-order valence-corrected chi connectivity index (χ3v) is 4.77. The van der Waals surface area contributed by atoms with Crippen LogP contribution in [0.15, 0.2) is 34.8 Å². The molecule has 0 atom stereocenters. The van der Waals surface area contributed by atoms with Crippen LogP contribution in [-0.2, 0) is 6.54 Å². The zero-order chi connectivity index (χ0) is 15.4. The number of ether oxygens (including phenoxy) is 2. The van der Waals surface area contributed by atoms with E-state index in [-0.39, 0.29) is 0 Å². The van der Waals surface area contributed by atoms with Crippen molar-refractivity contribution in [1.29, 1.82) is 0 Å². The van der Waals surface area contributed by atoms with Crippen molar-refractivity contribution in [3.05, 3.63) is 50.4 Å². The number of benzene rings is 2. The van der Waals surface area contributed by atoms with Gasteiger partial charge in [0.2, 0.25) is 0 Å². The Bertz CT molecular complexity index is 650. The van der Waals surface area contributed by atoms with Gasteiger partial charge in [0, 0.05) is 22.6 Å². The number of nitrogens with one attached hydrogen (secondary N) is 1. The van der Waals surface area contributed by atoms with Gasteiger partial charge in [-0.2, -0.15) is 0 Å². The maximum absolute atomic E-state index is 6.21. The average Bonchev–Trinajstić information content (AvgIpc) is 2.52. The molecular formula is C15H14BrCl2NO2. The predicted octanol–water partition coefficient (Wildman–Crippen LogP) is 5.39. The molecule has 2 aromatic rings. The Hall–Kier alpha value is -1.10. The van der Waals surface area contributed by atoms with Crippen LogP contribution < -0.4 is 14.8 Å². The van der Waals surface area contributed by atoms with E-state index in [1.54, 1.807) is 14.2 Å². The van der Waals surface area contributed by atoms with Gasteiger partial charge in [-0.15, -0.1) is 0 Å². The van der Waals surface area contributed by atoms with E-state index in [9.17, 15) is 0 Å². The molecule has 0 spiro atoms. The summed E-state index contributed by atoms with van der Waals surface area (Å²) in [5.74, 6) is 1.50. The SMILES string of the molecule is COc1ccc(CNc2ccc(Br)c(Cl)c2Cl)c(OC)c1. The lowest BCUT2D eigenvalue weighted by atomic mass is 10.2. The van der Waals surface area contributed by atoms with Crippen LogP contribution in [0.1, 0.15) is 5.56 Å². The second-order valence-corrected chi connectivity index (χ2v) is 5.86. The van der Waals surface area contributed by atoms with Crippen LogP contribution in [0.25, 0.3) is 0 Å². The predicted molar refractivity (Wildman–Crippen MR) is 91.0 cm³/mol. The van der Waals surface area contributed by atoms with Crippen molar-refractivity contribution in [2.24, 2.45) is 0 Å². The molecule has 21 heavy (non-hydrogen) atoms. The lowest BCUT2D eigenvalue weighted by Crippen LogP contribution is -2.02. The molecular weight excluding hydrogens is 377 g/mol. The monoisotopic (exact) mass is 389 g/mol. The summed E-state index contributed by atoms with van der Waals surface area (Å²) in [7, 11) is 3.25. The standard InChI is InChI=1S/C15H14BrCl2NO2/c1-20-10-4-3-9(13(7-10)21-2)8-19-12-6-5-11(16)14(17)15(12)18/h3-7,19H,8H2,1-2H3. The third kappa shape index (κ3) is 3.76. The second-order valence-electron chi connectivity index (χ2n) is 4.25. The molecule has 112 valence electrons. The normalized spacial score (nSPS) is 10.3. The zero-order valence-corrected chi connectivity index (χ0v) is 14.6. The zero-order valence-electron chi connectivity index (χ0n) is 11.5. The van der Waals surface area contributed by atoms with Crippen LogP contribution in [0.2, 0.25) is 10.0 Å². The lowest BCUT2D eigenvalue weighted by Gasteiger charge is -2.13. The summed E-state index contributed by atoms with van der Waals surface area (Å²) in [6, 6.07) is 9.39. The van der Waals surface area contributed by atoms with Gasteiger partial charge in [-0.3, -0.25) is 0 Å². The van der Waals surface area contributed by atoms with E-state index < -0.39 is 0 Å². The van der Waals surface area contributed by atoms with Crippen LogP contribution in [0.4, 0.5) is 5.69 Å². The van der Waals surface area contributed by atoms with Crippen LogP contribution in [0, 0.1) is 0 Å². The van der Waals surface area contributed by atoms with E-state index in [0.29, 0.717) is 16.6 Å². The highest BCUT2D eigenvalue weighted by molar-refractivity contribution is 9.10. The van der Waals surface area contributed by atoms with Gasteiger partial charge in [-0.25, -0.2) is 0 Å². The highest BCUT2D eigenvalue weighted by atomic mass is 79.9. The Morgan fingerprint density at radius 2 is 1.81 bits per heavy atom. The summed E-state index contributed by atoms with van der Waals surface area (Å²) in [5, 5.41) is 4.23. The molecule has 0 saturated heterocycles. The molecule has 2 aromatic carbocycles. The molecule has 0 radical (unpaired) electrons. The minimum Gasteiger partial charge on any atom is -0.497 e. The summed E-state index contributed by atoms with van der Waals surface area (Å²) in [6.07, 6.45) is 0. The third-order valence-electron chi connectivity index (χ3n) is 3.00. The summed E-state index contributed by atoms with van der Waals surface area (Å²) >= 11 is 15.6. The Morgan fingerprint density at radius 1 is 1.05 bits per heavy atom. The maximum atomic E-state index is 6.21. The molecule has 0 aliphatic rings. The van der Waals surface area contributed by atoms with Crippen molar-refractivity contribution in [2.45, 2.75) is 6.54 Å². The van der Waals surface area contributed by atoms with Gasteiger partial charge in [-0.1, -0.05) is 23.2 Å². The van der Waals surface area contributed by atoms with Gasteiger partial charge in [0.1, 0.15) is 11.5 Å². The lowest BCUT2D eigenvalue weighted by molar-refractivity contribution is 0.391. The highest BCUT2D eigenvalue weighted by Gasteiger charge is 2.10. The topological polar surface area (TPSA) is 30.5 Å². The average molecular weight is 391 g/mol. The molecule has 0 amide bonds. The molecule has 1 N–H and O–H groups in total. The largest absolute Gasteiger partial charge is 0.497 e. The minimum absolute atomic E-state index is 0.485. The molecule has 0 unspecified atom stereocenters. The first-order valence-electron chi connectivity index (χ1n) is 6.15. The Balaban J connectivity index is 2.18. The molecule has 0 aromatic heterocycles. The molecule has 2 rings (SSSR count). The van der Waals surface area contributed by atoms with Gasteiger partial charge < -0.3 is 14.8 Å². The second kappa shape index (κ2) is 7.25. The highest BCUT2D eigenvalue weighted by Crippen LogP contribution is 2.36. The summed E-state index contributed by atoms with van der Waals surface area (Å²) in [6.45, 7) is 0.560. The number of halogens is 3. The first kappa shape index (κ1) is 16.3. The number of methoxy groups -OCH3 is 2. The van der Waals surface area contributed by atoms with Gasteiger partial charge >= 0.3 is 0 Å². The maximum Gasteiger partial charge on any atom is 0.127 e. The molecule has 0 aliphatic heterocycles. The molecule has 0 aliphatic carbocycles. The Kier molecular flexibility index (Phi) is 5.62. The first-order chi connectivity index (χ1) is 10.1. The summed E-state index contributed by atoms with van der Waals surface area (Å²) in [4.78, 5) is 0. The number of rotatable bonds is 5. The van der Waals surface area contributed by atoms with Crippen molar-refractivity contribution < 1.29 is 9.47 Å². The van der Waals surface area contributed by atoms with E-state index in [1.807, 2.05) is 30.3 Å². The van der Waals surface area contributed by atoms with Crippen LogP contribution in [0.5, 0.6) is 11.5 Å². The fourth-order valence-corrected chi connectivity index (χ4v) is 2.69. The van der Waals surface area contributed by atoms with Gasteiger partial charge in [0.05, 0.1) is 30.0 Å². The minimum atomic E-state index is 0.485. The van der Waals surface area contributed by atoms with Crippen molar-refractivity contribution in [1.82, 2.24) is 0 Å². The Labute approximate surface area is 142 Å². The van der Waals surface area contributed by atoms with Gasteiger partial charge in [-0.05, 0) is 40.2 Å². The van der Waals surface area contributed by atoms with Crippen molar-refractivity contribution in [2.75, 3.05) is 19.5 Å². The van der Waals surface area contributed by atoms with E-state index in [1.165, 1.54) is 0 Å². The van der Waals surface area contributed by atoms with Crippen LogP contribution in [0.3, 0.4) is 0 Å². The summed E-state index contributed by atoms with van der Waals surface area (Å²) < 4.78 is 11.3. The molecule has 0 saturated carbocycles. The van der Waals surface area contributed by atoms with Gasteiger partial charge in [0.15, 0.2) is 0 Å². The quantitative estimate of drug-likeness (QED) is 0.694. The van der Waals surface area contributed by atoms with Gasteiger partial charge in [0.25, 0.3) is 0 Å².